The molecule has 0 radical (unpaired) electrons. The number of carbonyl (C=O) groups excluding carboxylic acids is 1. The van der Waals surface area contributed by atoms with Gasteiger partial charge in [-0.1, -0.05) is 12.1 Å². The van der Waals surface area contributed by atoms with Gasteiger partial charge in [-0.2, -0.15) is 0 Å². The van der Waals surface area contributed by atoms with Gasteiger partial charge in [-0.15, -0.1) is 0 Å². The maximum atomic E-state index is 13.0. The number of ether oxygens (including phenoxy) is 1. The minimum absolute atomic E-state index is 0.0669. The van der Waals surface area contributed by atoms with Crippen LogP contribution in [0.15, 0.2) is 24.3 Å². The summed E-state index contributed by atoms with van der Waals surface area (Å²) in [6.45, 7) is 4.74. The average molecular weight is 334 g/mol. The molecule has 1 heterocycles. The summed E-state index contributed by atoms with van der Waals surface area (Å²) in [7, 11) is 1.74. The maximum absolute atomic E-state index is 13.0. The predicted octanol–water partition coefficient (Wildman–Crippen LogP) is 2.40. The highest BCUT2D eigenvalue weighted by Gasteiger charge is 2.43. The molecule has 5 heteroatoms. The fourth-order valence-corrected chi connectivity index (χ4v) is 3.57. The second-order valence-electron chi connectivity index (χ2n) is 7.02. The van der Waals surface area contributed by atoms with E-state index in [1.165, 1.54) is 12.1 Å². The molecule has 1 aromatic rings. The Bertz CT molecular complexity index is 541. The fraction of sp³-hybridized carbons (Fsp3) is 0.632. The van der Waals surface area contributed by atoms with E-state index in [9.17, 15) is 9.18 Å². The van der Waals surface area contributed by atoms with E-state index in [2.05, 4.69) is 10.2 Å². The number of nitrogens with one attached hydrogen (secondary N) is 1. The van der Waals surface area contributed by atoms with Crippen LogP contribution in [-0.4, -0.2) is 50.7 Å². The van der Waals surface area contributed by atoms with Crippen LogP contribution in [0.3, 0.4) is 0 Å². The molecule has 0 bridgehead atoms. The van der Waals surface area contributed by atoms with Crippen LogP contribution in [0.25, 0.3) is 0 Å². The number of hydrogen-bond donors (Lipinski definition) is 1. The van der Waals surface area contributed by atoms with Crippen LogP contribution >= 0.6 is 0 Å². The van der Waals surface area contributed by atoms with Crippen molar-refractivity contribution < 1.29 is 13.9 Å². The lowest BCUT2D eigenvalue weighted by atomic mass is 9.96. The molecule has 1 saturated carbocycles. The summed E-state index contributed by atoms with van der Waals surface area (Å²) >= 11 is 0. The second kappa shape index (κ2) is 8.08. The first-order valence-electron chi connectivity index (χ1n) is 8.92. The lowest BCUT2D eigenvalue weighted by Crippen LogP contribution is -2.40. The van der Waals surface area contributed by atoms with Gasteiger partial charge < -0.3 is 15.0 Å². The van der Waals surface area contributed by atoms with Gasteiger partial charge in [0.25, 0.3) is 0 Å². The normalized spacial score (nSPS) is 24.8. The van der Waals surface area contributed by atoms with Crippen molar-refractivity contribution in [3.8, 4) is 0 Å². The van der Waals surface area contributed by atoms with Gasteiger partial charge in [-0.05, 0) is 61.9 Å². The Kier molecular flexibility index (Phi) is 5.85. The quantitative estimate of drug-likeness (QED) is 0.832. The Morgan fingerprint density at radius 1 is 1.29 bits per heavy atom. The summed E-state index contributed by atoms with van der Waals surface area (Å²) in [6.07, 6.45) is 3.15. The van der Waals surface area contributed by atoms with Crippen LogP contribution in [0.1, 0.15) is 30.7 Å². The highest BCUT2D eigenvalue weighted by molar-refractivity contribution is 5.82. The number of piperidine rings is 1. The molecule has 4 nitrogen and oxygen atoms in total. The SMILES string of the molecule is COCCN1CCC(CNC(=O)[C@H]2C[C@@H]2c2ccc(F)cc2)CC1. The fourth-order valence-electron chi connectivity index (χ4n) is 3.57. The standard InChI is InChI=1S/C19H27FN2O2/c1-24-11-10-22-8-6-14(7-9-22)13-21-19(23)18-12-17(18)15-2-4-16(20)5-3-15/h2-5,14,17-18H,6-13H2,1H3,(H,21,23)/t17-,18+/m1/s1. The van der Waals surface area contributed by atoms with E-state index < -0.39 is 0 Å². The van der Waals surface area contributed by atoms with Gasteiger partial charge in [0.05, 0.1) is 6.61 Å². The lowest BCUT2D eigenvalue weighted by molar-refractivity contribution is -0.122. The van der Waals surface area contributed by atoms with Crippen molar-refractivity contribution in [1.29, 1.82) is 0 Å². The number of hydrogen-bond acceptors (Lipinski definition) is 3. The Balaban J connectivity index is 1.36. The Morgan fingerprint density at radius 2 is 2.00 bits per heavy atom. The zero-order valence-corrected chi connectivity index (χ0v) is 14.3. The summed E-state index contributed by atoms with van der Waals surface area (Å²) in [5.41, 5.74) is 1.07. The van der Waals surface area contributed by atoms with Gasteiger partial charge in [-0.3, -0.25) is 4.79 Å². The van der Waals surface area contributed by atoms with Gasteiger partial charge in [-0.25, -0.2) is 4.39 Å². The molecule has 1 amide bonds. The minimum atomic E-state index is -0.225. The van der Waals surface area contributed by atoms with E-state index in [0.29, 0.717) is 5.92 Å². The summed E-state index contributed by atoms with van der Waals surface area (Å²) in [4.78, 5) is 14.7. The van der Waals surface area contributed by atoms with Crippen molar-refractivity contribution in [3.05, 3.63) is 35.6 Å². The average Bonchev–Trinajstić information content (AvgIpc) is 3.40. The molecule has 2 aliphatic rings. The van der Waals surface area contributed by atoms with Crippen LogP contribution < -0.4 is 5.32 Å². The van der Waals surface area contributed by atoms with Crippen LogP contribution in [0, 0.1) is 17.7 Å². The highest BCUT2D eigenvalue weighted by atomic mass is 19.1. The molecule has 1 N–H and O–H groups in total. The number of methoxy groups -OCH3 is 1. The summed E-state index contributed by atoms with van der Waals surface area (Å²) in [5, 5.41) is 3.13. The first kappa shape index (κ1) is 17.4. The Morgan fingerprint density at radius 3 is 2.67 bits per heavy atom. The predicted molar refractivity (Wildman–Crippen MR) is 91.3 cm³/mol. The van der Waals surface area contributed by atoms with Crippen LogP contribution in [-0.2, 0) is 9.53 Å². The zero-order chi connectivity index (χ0) is 16.9. The Labute approximate surface area is 143 Å². The van der Waals surface area contributed by atoms with Crippen LogP contribution in [0.4, 0.5) is 4.39 Å². The maximum Gasteiger partial charge on any atom is 0.223 e. The largest absolute Gasteiger partial charge is 0.383 e. The first-order valence-corrected chi connectivity index (χ1v) is 8.92. The number of nitrogens with zero attached hydrogens (tertiary/aromatic N) is 1. The molecule has 2 atom stereocenters. The van der Waals surface area contributed by atoms with Crippen molar-refractivity contribution in [3.63, 3.8) is 0 Å². The van der Waals surface area contributed by atoms with Crippen molar-refractivity contribution in [2.24, 2.45) is 11.8 Å². The van der Waals surface area contributed by atoms with Gasteiger partial charge in [0.2, 0.25) is 5.91 Å². The van der Waals surface area contributed by atoms with Gasteiger partial charge in [0, 0.05) is 26.1 Å². The summed E-state index contributed by atoms with van der Waals surface area (Å²) < 4.78 is 18.1. The molecule has 132 valence electrons. The smallest absolute Gasteiger partial charge is 0.223 e. The van der Waals surface area contributed by atoms with E-state index in [1.54, 1.807) is 19.2 Å². The van der Waals surface area contributed by atoms with E-state index >= 15 is 0 Å². The van der Waals surface area contributed by atoms with Gasteiger partial charge >= 0.3 is 0 Å². The topological polar surface area (TPSA) is 41.6 Å². The summed E-state index contributed by atoms with van der Waals surface area (Å²) in [6, 6.07) is 6.53. The molecular formula is C19H27FN2O2. The molecule has 0 aromatic heterocycles. The van der Waals surface area contributed by atoms with E-state index in [-0.39, 0.29) is 23.6 Å². The van der Waals surface area contributed by atoms with Crippen molar-refractivity contribution in [1.82, 2.24) is 10.2 Å². The third-order valence-corrected chi connectivity index (χ3v) is 5.31. The van der Waals surface area contributed by atoms with E-state index in [4.69, 9.17) is 4.74 Å². The molecule has 1 aliphatic heterocycles. The number of benzene rings is 1. The zero-order valence-electron chi connectivity index (χ0n) is 14.3. The molecule has 24 heavy (non-hydrogen) atoms. The summed E-state index contributed by atoms with van der Waals surface area (Å²) in [5.74, 6) is 0.845. The van der Waals surface area contributed by atoms with Crippen molar-refractivity contribution in [2.75, 3.05) is 39.9 Å². The van der Waals surface area contributed by atoms with Crippen LogP contribution in [0.2, 0.25) is 0 Å². The molecule has 0 spiro atoms. The second-order valence-corrected chi connectivity index (χ2v) is 7.02. The highest BCUT2D eigenvalue weighted by Crippen LogP contribution is 2.47. The Hall–Kier alpha value is -1.46. The molecular weight excluding hydrogens is 307 g/mol. The van der Waals surface area contributed by atoms with Crippen molar-refractivity contribution in [2.45, 2.75) is 25.2 Å². The van der Waals surface area contributed by atoms with E-state index in [1.807, 2.05) is 0 Å². The molecule has 3 rings (SSSR count). The third kappa shape index (κ3) is 4.54. The monoisotopic (exact) mass is 334 g/mol. The molecule has 2 fully saturated rings. The lowest BCUT2D eigenvalue weighted by Gasteiger charge is -2.31. The van der Waals surface area contributed by atoms with Gasteiger partial charge in [0.1, 0.15) is 5.82 Å². The van der Waals surface area contributed by atoms with Crippen LogP contribution in [0.5, 0.6) is 0 Å². The molecule has 1 saturated heterocycles. The van der Waals surface area contributed by atoms with E-state index in [0.717, 1.165) is 57.6 Å². The number of halogens is 1. The first-order chi connectivity index (χ1) is 11.7. The molecule has 1 aromatic carbocycles. The molecule has 1 aliphatic carbocycles. The van der Waals surface area contributed by atoms with Gasteiger partial charge in [0.15, 0.2) is 0 Å². The third-order valence-electron chi connectivity index (χ3n) is 5.31. The number of amides is 1. The number of likely N-dealkylation sites (tertiary alicyclic amines) is 1. The number of carbonyl (C=O) groups is 1. The van der Waals surface area contributed by atoms with Crippen molar-refractivity contribution >= 4 is 5.91 Å². The number of rotatable bonds is 7. The molecule has 0 unspecified atom stereocenters. The minimum Gasteiger partial charge on any atom is -0.383 e.